The predicted octanol–water partition coefficient (Wildman–Crippen LogP) is 4.25. The Morgan fingerprint density at radius 2 is 1.94 bits per heavy atom. The van der Waals surface area contributed by atoms with Crippen LogP contribution in [-0.4, -0.2) is 11.7 Å². The van der Waals surface area contributed by atoms with E-state index in [1.807, 2.05) is 19.1 Å². The second-order valence-corrected chi connectivity index (χ2v) is 4.80. The second-order valence-electron chi connectivity index (χ2n) is 4.80. The van der Waals surface area contributed by atoms with Gasteiger partial charge in [-0.15, -0.1) is 0 Å². The van der Waals surface area contributed by atoms with Crippen molar-refractivity contribution < 1.29 is 5.11 Å². The Hall–Kier alpha value is -0.820. The van der Waals surface area contributed by atoms with E-state index in [0.29, 0.717) is 0 Å². The minimum atomic E-state index is 0.153. The molecule has 1 N–H and O–H groups in total. The van der Waals surface area contributed by atoms with E-state index < -0.39 is 0 Å². The fourth-order valence-corrected chi connectivity index (χ4v) is 1.37. The molecule has 0 aromatic heterocycles. The molecule has 0 aliphatic carbocycles. The van der Waals surface area contributed by atoms with Crippen LogP contribution in [0.4, 0.5) is 0 Å². The van der Waals surface area contributed by atoms with Gasteiger partial charge in [0, 0.05) is 0 Å². The van der Waals surface area contributed by atoms with Crippen molar-refractivity contribution >= 4 is 0 Å². The van der Waals surface area contributed by atoms with Crippen LogP contribution in [0.5, 0.6) is 0 Å². The molecule has 0 spiro atoms. The largest absolute Gasteiger partial charge is 0.392 e. The van der Waals surface area contributed by atoms with Crippen LogP contribution in [0, 0.1) is 5.92 Å². The molecule has 92 valence electrons. The van der Waals surface area contributed by atoms with Crippen LogP contribution < -0.4 is 0 Å². The normalized spacial score (nSPS) is 14.2. The number of allylic oxidation sites excluding steroid dienone is 5. The van der Waals surface area contributed by atoms with Gasteiger partial charge < -0.3 is 5.11 Å². The molecule has 1 unspecified atom stereocenters. The summed E-state index contributed by atoms with van der Waals surface area (Å²) < 4.78 is 0. The molecule has 0 aliphatic rings. The zero-order valence-electron chi connectivity index (χ0n) is 11.2. The summed E-state index contributed by atoms with van der Waals surface area (Å²) in [5.74, 6) is 0.731. The molecular weight excluding hydrogens is 196 g/mol. The summed E-state index contributed by atoms with van der Waals surface area (Å²) in [7, 11) is 0. The third kappa shape index (κ3) is 9.72. The zero-order chi connectivity index (χ0) is 12.4. The van der Waals surface area contributed by atoms with Crippen LogP contribution >= 0.6 is 0 Å². The first-order valence-electron chi connectivity index (χ1n) is 6.12. The molecule has 0 heterocycles. The average Bonchev–Trinajstić information content (AvgIpc) is 2.23. The number of hydrogen-bond acceptors (Lipinski definition) is 1. The van der Waals surface area contributed by atoms with E-state index in [4.69, 9.17) is 5.11 Å². The van der Waals surface area contributed by atoms with E-state index in [0.717, 1.165) is 17.9 Å². The van der Waals surface area contributed by atoms with Crippen LogP contribution in [0.15, 0.2) is 35.5 Å². The Morgan fingerprint density at radius 3 is 2.50 bits per heavy atom. The van der Waals surface area contributed by atoms with Gasteiger partial charge in [-0.25, -0.2) is 0 Å². The van der Waals surface area contributed by atoms with Crippen molar-refractivity contribution in [1.29, 1.82) is 0 Å². The summed E-state index contributed by atoms with van der Waals surface area (Å²) >= 11 is 0. The molecule has 16 heavy (non-hydrogen) atoms. The third-order valence-electron chi connectivity index (χ3n) is 2.52. The van der Waals surface area contributed by atoms with Crippen LogP contribution in [0.3, 0.4) is 0 Å². The minimum Gasteiger partial charge on any atom is -0.392 e. The maximum Gasteiger partial charge on any atom is 0.0642 e. The molecule has 0 radical (unpaired) electrons. The Balaban J connectivity index is 3.73. The van der Waals surface area contributed by atoms with E-state index in [1.54, 1.807) is 0 Å². The minimum absolute atomic E-state index is 0.153. The van der Waals surface area contributed by atoms with Crippen molar-refractivity contribution in [3.63, 3.8) is 0 Å². The molecule has 0 fully saturated rings. The first-order valence-corrected chi connectivity index (χ1v) is 6.12. The predicted molar refractivity (Wildman–Crippen MR) is 72.4 cm³/mol. The lowest BCUT2D eigenvalue weighted by molar-refractivity contribution is 0.331. The summed E-state index contributed by atoms with van der Waals surface area (Å²) in [5.41, 5.74) is 2.41. The first-order chi connectivity index (χ1) is 7.56. The lowest BCUT2D eigenvalue weighted by atomic mass is 10.0. The van der Waals surface area contributed by atoms with Gasteiger partial charge in [-0.1, -0.05) is 36.8 Å². The highest BCUT2D eigenvalue weighted by Crippen LogP contribution is 2.12. The molecule has 0 aromatic carbocycles. The summed E-state index contributed by atoms with van der Waals surface area (Å²) in [6, 6.07) is 0. The number of rotatable bonds is 7. The van der Waals surface area contributed by atoms with Crippen LogP contribution in [0.2, 0.25) is 0 Å². The molecule has 0 aliphatic heterocycles. The van der Waals surface area contributed by atoms with Gasteiger partial charge in [0.05, 0.1) is 6.61 Å². The van der Waals surface area contributed by atoms with Crippen molar-refractivity contribution in [2.75, 3.05) is 6.61 Å². The van der Waals surface area contributed by atoms with Crippen molar-refractivity contribution in [2.45, 2.75) is 47.0 Å². The molecule has 0 saturated carbocycles. The molecule has 0 amide bonds. The molecule has 1 nitrogen and oxygen atoms in total. The lowest BCUT2D eigenvalue weighted by Gasteiger charge is -2.05. The highest BCUT2D eigenvalue weighted by atomic mass is 16.3. The Labute approximate surface area is 101 Å². The standard InChI is InChI=1S/C15H26O/c1-13(2)8-7-11-14(3)9-5-6-10-15(4)12-16/h5-6,8,10,14,16H,7,9,11-12H2,1-4H3/b6-5+,15-10+. The van der Waals surface area contributed by atoms with Crippen molar-refractivity contribution in [2.24, 2.45) is 5.92 Å². The molecule has 1 heteroatoms. The first kappa shape index (κ1) is 15.2. The highest BCUT2D eigenvalue weighted by molar-refractivity contribution is 5.10. The van der Waals surface area contributed by atoms with Gasteiger partial charge in [-0.2, -0.15) is 0 Å². The molecular formula is C15H26O. The van der Waals surface area contributed by atoms with Crippen LogP contribution in [-0.2, 0) is 0 Å². The van der Waals surface area contributed by atoms with Crippen molar-refractivity contribution in [3.8, 4) is 0 Å². The molecule has 0 rings (SSSR count). The van der Waals surface area contributed by atoms with Gasteiger partial charge >= 0.3 is 0 Å². The quantitative estimate of drug-likeness (QED) is 0.504. The fraction of sp³-hybridized carbons (Fsp3) is 0.600. The summed E-state index contributed by atoms with van der Waals surface area (Å²) in [4.78, 5) is 0. The smallest absolute Gasteiger partial charge is 0.0642 e. The number of aliphatic hydroxyl groups excluding tert-OH is 1. The maximum absolute atomic E-state index is 8.80. The van der Waals surface area contributed by atoms with E-state index in [9.17, 15) is 0 Å². The van der Waals surface area contributed by atoms with Gasteiger partial charge in [0.1, 0.15) is 0 Å². The molecule has 0 saturated heterocycles. The van der Waals surface area contributed by atoms with Crippen LogP contribution in [0.1, 0.15) is 47.0 Å². The van der Waals surface area contributed by atoms with E-state index in [2.05, 4.69) is 32.9 Å². The Kier molecular flexibility index (Phi) is 8.93. The van der Waals surface area contributed by atoms with Gasteiger partial charge in [0.25, 0.3) is 0 Å². The van der Waals surface area contributed by atoms with Crippen molar-refractivity contribution in [1.82, 2.24) is 0 Å². The SMILES string of the molecule is CC(C)=CCCC(C)C/C=C/C=C(\C)CO. The van der Waals surface area contributed by atoms with Crippen molar-refractivity contribution in [3.05, 3.63) is 35.5 Å². The second kappa shape index (κ2) is 9.41. The fourth-order valence-electron chi connectivity index (χ4n) is 1.37. The number of aliphatic hydroxyl groups is 1. The summed E-state index contributed by atoms with van der Waals surface area (Å²) in [6.07, 6.45) is 12.1. The van der Waals surface area contributed by atoms with Gasteiger partial charge in [0.2, 0.25) is 0 Å². The lowest BCUT2D eigenvalue weighted by Crippen LogP contribution is -1.91. The third-order valence-corrected chi connectivity index (χ3v) is 2.52. The molecule has 0 aromatic rings. The highest BCUT2D eigenvalue weighted by Gasteiger charge is 1.97. The summed E-state index contributed by atoms with van der Waals surface area (Å²) in [5, 5.41) is 8.80. The van der Waals surface area contributed by atoms with E-state index in [1.165, 1.54) is 18.4 Å². The topological polar surface area (TPSA) is 20.2 Å². The number of hydrogen-bond donors (Lipinski definition) is 1. The van der Waals surface area contributed by atoms with Gasteiger partial charge in [0.15, 0.2) is 0 Å². The van der Waals surface area contributed by atoms with E-state index >= 15 is 0 Å². The monoisotopic (exact) mass is 222 g/mol. The zero-order valence-corrected chi connectivity index (χ0v) is 11.2. The van der Waals surface area contributed by atoms with Crippen LogP contribution in [0.25, 0.3) is 0 Å². The van der Waals surface area contributed by atoms with Gasteiger partial charge in [-0.05, 0) is 51.5 Å². The summed E-state index contributed by atoms with van der Waals surface area (Å²) in [6.45, 7) is 8.66. The Bertz CT molecular complexity index is 255. The molecule has 0 bridgehead atoms. The van der Waals surface area contributed by atoms with E-state index in [-0.39, 0.29) is 6.61 Å². The van der Waals surface area contributed by atoms with Gasteiger partial charge in [-0.3, -0.25) is 0 Å². The molecule has 1 atom stereocenters. The Morgan fingerprint density at radius 1 is 1.25 bits per heavy atom. The average molecular weight is 222 g/mol. The maximum atomic E-state index is 8.80.